The van der Waals surface area contributed by atoms with E-state index in [2.05, 4.69) is 43.1 Å². The van der Waals surface area contributed by atoms with Crippen molar-refractivity contribution in [3.05, 3.63) is 68.2 Å². The quantitative estimate of drug-likeness (QED) is 0.406. The van der Waals surface area contributed by atoms with Gasteiger partial charge in [-0.3, -0.25) is 14.9 Å². The van der Waals surface area contributed by atoms with E-state index in [0.29, 0.717) is 16.5 Å². The molecule has 1 amide bonds. The number of hydrogen-bond donors (Lipinski definition) is 1. The van der Waals surface area contributed by atoms with E-state index in [1.165, 1.54) is 36.0 Å². The minimum absolute atomic E-state index is 0.0480. The molecule has 0 radical (unpaired) electrons. The van der Waals surface area contributed by atoms with E-state index in [4.69, 9.17) is 11.6 Å². The second-order valence-corrected chi connectivity index (χ2v) is 8.51. The van der Waals surface area contributed by atoms with Crippen molar-refractivity contribution in [1.82, 2.24) is 5.43 Å². The Hall–Kier alpha value is -2.93. The van der Waals surface area contributed by atoms with Crippen molar-refractivity contribution in [2.75, 3.05) is 11.4 Å². The third kappa shape index (κ3) is 4.31. The molecule has 158 valence electrons. The number of nitrogens with one attached hydrogen (secondary N) is 1. The zero-order chi connectivity index (χ0) is 22.1. The number of nitro benzene ring substituents is 1. The van der Waals surface area contributed by atoms with Crippen LogP contribution in [0.2, 0.25) is 5.02 Å². The molecule has 30 heavy (non-hydrogen) atoms. The number of fused-ring (bicyclic) bond motifs is 1. The molecule has 0 bridgehead atoms. The Labute approximate surface area is 180 Å². The summed E-state index contributed by atoms with van der Waals surface area (Å²) in [6.07, 6.45) is 2.52. The lowest BCUT2D eigenvalue weighted by molar-refractivity contribution is -0.384. The third-order valence-corrected chi connectivity index (χ3v) is 5.84. The topological polar surface area (TPSA) is 87.8 Å². The van der Waals surface area contributed by atoms with Gasteiger partial charge in [-0.05, 0) is 56.9 Å². The first-order valence-electron chi connectivity index (χ1n) is 9.83. The molecule has 1 atom stereocenters. The van der Waals surface area contributed by atoms with Gasteiger partial charge in [-0.25, -0.2) is 5.43 Å². The molecule has 1 unspecified atom stereocenters. The average Bonchev–Trinajstić information content (AvgIpc) is 2.68. The number of rotatable bonds is 5. The van der Waals surface area contributed by atoms with Gasteiger partial charge in [-0.15, -0.1) is 0 Å². The van der Waals surface area contributed by atoms with Crippen molar-refractivity contribution in [2.45, 2.75) is 45.6 Å². The van der Waals surface area contributed by atoms with Crippen molar-refractivity contribution in [3.63, 3.8) is 0 Å². The first-order chi connectivity index (χ1) is 14.1. The lowest BCUT2D eigenvalue weighted by atomic mass is 9.79. The normalized spacial score (nSPS) is 17.6. The van der Waals surface area contributed by atoms with Crippen LogP contribution >= 0.6 is 11.6 Å². The molecule has 0 saturated heterocycles. The number of nitrogens with zero attached hydrogens (tertiary/aromatic N) is 3. The summed E-state index contributed by atoms with van der Waals surface area (Å²) in [7, 11) is 0. The Morgan fingerprint density at radius 2 is 2.13 bits per heavy atom. The van der Waals surface area contributed by atoms with Gasteiger partial charge < -0.3 is 4.90 Å². The zero-order valence-corrected chi connectivity index (χ0v) is 18.2. The van der Waals surface area contributed by atoms with Crippen molar-refractivity contribution >= 4 is 35.1 Å². The van der Waals surface area contributed by atoms with E-state index in [0.717, 1.165) is 18.7 Å². The molecule has 1 N–H and O–H groups in total. The average molecular weight is 429 g/mol. The Bertz CT molecular complexity index is 1020. The van der Waals surface area contributed by atoms with Crippen molar-refractivity contribution in [3.8, 4) is 0 Å². The van der Waals surface area contributed by atoms with Gasteiger partial charge in [-0.1, -0.05) is 24.6 Å². The standard InChI is InChI=1S/C22H25ClN4O3/c1-5-26-20-11-19(23)16(10-18(20)14(2)12-22(26,3)4)13-24-25-21(28)15-7-6-8-17(9-15)27(29)30/h6-11,13-14H,5,12H2,1-4H3,(H,25,28)/b24-13-. The van der Waals surface area contributed by atoms with Crippen molar-refractivity contribution in [1.29, 1.82) is 0 Å². The number of hydrogen-bond acceptors (Lipinski definition) is 5. The number of nitro groups is 1. The molecule has 1 heterocycles. The summed E-state index contributed by atoms with van der Waals surface area (Å²) in [5.41, 5.74) is 5.50. The predicted octanol–water partition coefficient (Wildman–Crippen LogP) is 5.12. The summed E-state index contributed by atoms with van der Waals surface area (Å²) < 4.78 is 0. The molecule has 0 aliphatic carbocycles. The van der Waals surface area contributed by atoms with Crippen LogP contribution in [0.3, 0.4) is 0 Å². The number of carbonyl (C=O) groups excluding carboxylic acids is 1. The highest BCUT2D eigenvalue weighted by molar-refractivity contribution is 6.33. The van der Waals surface area contributed by atoms with E-state index in [1.807, 2.05) is 12.1 Å². The summed E-state index contributed by atoms with van der Waals surface area (Å²) in [5.74, 6) is -0.169. The van der Waals surface area contributed by atoms with Gasteiger partial charge in [0.05, 0.1) is 16.2 Å². The summed E-state index contributed by atoms with van der Waals surface area (Å²) in [6, 6.07) is 9.46. The molecule has 2 aromatic carbocycles. The van der Waals surface area contributed by atoms with Crippen LogP contribution in [0.5, 0.6) is 0 Å². The number of halogens is 1. The van der Waals surface area contributed by atoms with Gasteiger partial charge in [0.15, 0.2) is 0 Å². The maximum Gasteiger partial charge on any atom is 0.271 e. The van der Waals surface area contributed by atoms with Gasteiger partial charge in [0.2, 0.25) is 0 Å². The molecule has 8 heteroatoms. The van der Waals surface area contributed by atoms with Gasteiger partial charge in [0, 0.05) is 41.0 Å². The smallest absolute Gasteiger partial charge is 0.271 e. The summed E-state index contributed by atoms with van der Waals surface area (Å²) >= 11 is 6.51. The molecule has 1 aliphatic rings. The molecule has 1 aliphatic heterocycles. The van der Waals surface area contributed by atoms with Gasteiger partial charge in [0.25, 0.3) is 11.6 Å². The molecule has 0 fully saturated rings. The van der Waals surface area contributed by atoms with E-state index in [-0.39, 0.29) is 16.8 Å². The zero-order valence-electron chi connectivity index (χ0n) is 17.5. The second-order valence-electron chi connectivity index (χ2n) is 8.10. The highest BCUT2D eigenvalue weighted by Crippen LogP contribution is 2.44. The number of hydrazone groups is 1. The number of non-ortho nitro benzene ring substituents is 1. The van der Waals surface area contributed by atoms with Crippen LogP contribution in [0, 0.1) is 10.1 Å². The number of anilines is 1. The maximum atomic E-state index is 12.2. The van der Waals surface area contributed by atoms with E-state index in [1.54, 1.807) is 0 Å². The lowest BCUT2D eigenvalue weighted by Gasteiger charge is -2.47. The fourth-order valence-corrected chi connectivity index (χ4v) is 4.41. The Balaban J connectivity index is 1.82. The van der Waals surface area contributed by atoms with Crippen LogP contribution in [-0.4, -0.2) is 29.1 Å². The van der Waals surface area contributed by atoms with E-state index in [9.17, 15) is 14.9 Å². The SMILES string of the molecule is CCN1c2cc(Cl)c(/C=N\NC(=O)c3cccc([N+](=O)[O-])c3)cc2C(C)CC1(C)C. The van der Waals surface area contributed by atoms with E-state index >= 15 is 0 Å². The summed E-state index contributed by atoms with van der Waals surface area (Å²) in [4.78, 5) is 24.9. The van der Waals surface area contributed by atoms with Crippen LogP contribution in [0.25, 0.3) is 0 Å². The van der Waals surface area contributed by atoms with Crippen LogP contribution in [0.15, 0.2) is 41.5 Å². The number of amides is 1. The molecule has 7 nitrogen and oxygen atoms in total. The van der Waals surface area contributed by atoms with Crippen LogP contribution in [0.1, 0.15) is 61.5 Å². The number of benzene rings is 2. The fraction of sp³-hybridized carbons (Fsp3) is 0.364. The van der Waals surface area contributed by atoms with Crippen molar-refractivity contribution in [2.24, 2.45) is 5.10 Å². The molecule has 0 aromatic heterocycles. The monoisotopic (exact) mass is 428 g/mol. The highest BCUT2D eigenvalue weighted by atomic mass is 35.5. The van der Waals surface area contributed by atoms with Gasteiger partial charge in [0.1, 0.15) is 0 Å². The van der Waals surface area contributed by atoms with Crippen LogP contribution < -0.4 is 10.3 Å². The largest absolute Gasteiger partial charge is 0.366 e. The first-order valence-corrected chi connectivity index (χ1v) is 10.2. The lowest BCUT2D eigenvalue weighted by Crippen LogP contribution is -2.48. The molecule has 0 spiro atoms. The Morgan fingerprint density at radius 3 is 2.80 bits per heavy atom. The molecule has 0 saturated carbocycles. The maximum absolute atomic E-state index is 12.2. The first kappa shape index (κ1) is 21.8. The Morgan fingerprint density at radius 1 is 1.40 bits per heavy atom. The minimum Gasteiger partial charge on any atom is -0.366 e. The summed E-state index contributed by atoms with van der Waals surface area (Å²) in [5, 5.41) is 15.4. The summed E-state index contributed by atoms with van der Waals surface area (Å²) in [6.45, 7) is 9.70. The van der Waals surface area contributed by atoms with Crippen LogP contribution in [0.4, 0.5) is 11.4 Å². The van der Waals surface area contributed by atoms with Gasteiger partial charge in [-0.2, -0.15) is 5.10 Å². The third-order valence-electron chi connectivity index (χ3n) is 5.51. The molecular weight excluding hydrogens is 404 g/mol. The predicted molar refractivity (Wildman–Crippen MR) is 120 cm³/mol. The molecular formula is C22H25ClN4O3. The van der Waals surface area contributed by atoms with E-state index < -0.39 is 10.8 Å². The Kier molecular flexibility index (Phi) is 6.12. The molecule has 3 rings (SSSR count). The second kappa shape index (κ2) is 8.44. The highest BCUT2D eigenvalue weighted by Gasteiger charge is 2.35. The number of carbonyl (C=O) groups is 1. The minimum atomic E-state index is -0.547. The van der Waals surface area contributed by atoms with Crippen LogP contribution in [-0.2, 0) is 0 Å². The van der Waals surface area contributed by atoms with Gasteiger partial charge >= 0.3 is 0 Å². The fourth-order valence-electron chi connectivity index (χ4n) is 4.20. The van der Waals surface area contributed by atoms with Crippen molar-refractivity contribution < 1.29 is 9.72 Å². The molecule has 2 aromatic rings.